The Morgan fingerprint density at radius 2 is 0.833 bits per heavy atom. The molecule has 0 spiro atoms. The maximum absolute atomic E-state index is 12.0. The van der Waals surface area contributed by atoms with E-state index >= 15 is 0 Å². The Morgan fingerprint density at radius 1 is 0.479 bits per heavy atom. The van der Waals surface area contributed by atoms with Crippen LogP contribution in [-0.4, -0.2) is 41.0 Å². The predicted molar refractivity (Wildman–Crippen MR) is 193 cm³/mol. The topological polar surface area (TPSA) is 51.2 Å². The second-order valence-electron chi connectivity index (χ2n) is 12.7. The molecule has 5 aromatic carbocycles. The maximum Gasteiger partial charge on any atom is 0.114 e. The lowest BCUT2D eigenvalue weighted by atomic mass is 9.89. The van der Waals surface area contributed by atoms with Crippen LogP contribution in [0.4, 0.5) is 0 Å². The molecule has 0 saturated heterocycles. The van der Waals surface area contributed by atoms with Crippen molar-refractivity contribution in [3.05, 3.63) is 179 Å². The van der Waals surface area contributed by atoms with E-state index in [1.54, 1.807) is 0 Å². The number of benzene rings is 5. The van der Waals surface area contributed by atoms with Crippen molar-refractivity contribution < 1.29 is 19.3 Å². The molecular weight excluding hydrogens is 594 g/mol. The lowest BCUT2D eigenvalue weighted by Crippen LogP contribution is -2.56. The first kappa shape index (κ1) is 35.2. The van der Waals surface area contributed by atoms with Crippen LogP contribution < -0.4 is 0 Å². The summed E-state index contributed by atoms with van der Waals surface area (Å²) in [7, 11) is 0. The van der Waals surface area contributed by atoms with Crippen LogP contribution in [0.15, 0.2) is 152 Å². The van der Waals surface area contributed by atoms with E-state index in [9.17, 15) is 5.11 Å². The highest BCUT2D eigenvalue weighted by molar-refractivity contribution is 5.19. The van der Waals surface area contributed by atoms with Crippen LogP contribution in [0.3, 0.4) is 0 Å². The number of nitrogens with zero attached hydrogens (tertiary/aromatic N) is 1. The van der Waals surface area contributed by atoms with E-state index < -0.39 is 18.3 Å². The molecule has 1 N–H and O–H groups in total. The molecule has 0 amide bonds. The molecule has 5 rings (SSSR count). The number of aliphatic hydroxyl groups excluding tert-OH is 1. The summed E-state index contributed by atoms with van der Waals surface area (Å²) in [5.41, 5.74) is 5.59. The summed E-state index contributed by atoms with van der Waals surface area (Å²) in [4.78, 5) is 2.49. The second kappa shape index (κ2) is 19.0. The average molecular weight is 644 g/mol. The average Bonchev–Trinajstić information content (AvgIpc) is 3.12. The molecule has 5 aromatic rings. The Labute approximate surface area is 286 Å². The van der Waals surface area contributed by atoms with Gasteiger partial charge < -0.3 is 19.3 Å². The van der Waals surface area contributed by atoms with E-state index in [-0.39, 0.29) is 18.6 Å². The fraction of sp³-hybridized carbons (Fsp3) is 0.302. The van der Waals surface area contributed by atoms with Gasteiger partial charge in [0.15, 0.2) is 0 Å². The van der Waals surface area contributed by atoms with Gasteiger partial charge in [0.2, 0.25) is 0 Å². The first-order valence-corrected chi connectivity index (χ1v) is 17.0. The zero-order chi connectivity index (χ0) is 33.4. The Hall–Kier alpha value is -4.10. The lowest BCUT2D eigenvalue weighted by Gasteiger charge is -2.43. The molecule has 48 heavy (non-hydrogen) atoms. The van der Waals surface area contributed by atoms with Crippen LogP contribution in [0.2, 0.25) is 0 Å². The lowest BCUT2D eigenvalue weighted by molar-refractivity contribution is -0.174. The summed E-state index contributed by atoms with van der Waals surface area (Å²) in [6.45, 7) is 7.16. The van der Waals surface area contributed by atoms with Gasteiger partial charge in [0.05, 0.1) is 26.4 Å². The van der Waals surface area contributed by atoms with Crippen LogP contribution in [-0.2, 0) is 47.1 Å². The molecule has 0 aliphatic heterocycles. The number of rotatable bonds is 19. The molecular formula is C43H49NO4. The number of aliphatic hydroxyl groups is 1. The monoisotopic (exact) mass is 643 g/mol. The van der Waals surface area contributed by atoms with Gasteiger partial charge in [-0.3, -0.25) is 4.90 Å². The van der Waals surface area contributed by atoms with E-state index in [0.29, 0.717) is 19.8 Å². The van der Waals surface area contributed by atoms with Gasteiger partial charge >= 0.3 is 0 Å². The largest absolute Gasteiger partial charge is 0.388 e. The van der Waals surface area contributed by atoms with Gasteiger partial charge in [-0.2, -0.15) is 0 Å². The molecule has 250 valence electrons. The third-order valence-corrected chi connectivity index (χ3v) is 8.57. The van der Waals surface area contributed by atoms with E-state index in [1.807, 2.05) is 78.9 Å². The van der Waals surface area contributed by atoms with Gasteiger partial charge in [-0.05, 0) is 33.7 Å². The van der Waals surface area contributed by atoms with Crippen molar-refractivity contribution >= 4 is 0 Å². The summed E-state index contributed by atoms with van der Waals surface area (Å²) < 4.78 is 19.8. The van der Waals surface area contributed by atoms with Crippen molar-refractivity contribution in [3.63, 3.8) is 0 Å². The molecule has 0 bridgehead atoms. The van der Waals surface area contributed by atoms with E-state index in [1.165, 1.54) is 11.1 Å². The summed E-state index contributed by atoms with van der Waals surface area (Å²) in [5.74, 6) is 0.165. The van der Waals surface area contributed by atoms with Crippen molar-refractivity contribution in [3.8, 4) is 0 Å². The van der Waals surface area contributed by atoms with Gasteiger partial charge in [-0.15, -0.1) is 0 Å². The zero-order valence-corrected chi connectivity index (χ0v) is 28.2. The van der Waals surface area contributed by atoms with E-state index in [2.05, 4.69) is 91.5 Å². The fourth-order valence-electron chi connectivity index (χ4n) is 6.22. The summed E-state index contributed by atoms with van der Waals surface area (Å²) >= 11 is 0. The highest BCUT2D eigenvalue weighted by atomic mass is 16.6. The Balaban J connectivity index is 1.50. The SMILES string of the molecule is CC(C)[C@H]([C@@H](OCc1ccccc1)[C@H](OCc1ccccc1)[C@H](O)COCc1ccccc1)N(Cc1ccccc1)Cc1ccccc1. The van der Waals surface area contributed by atoms with Gasteiger partial charge in [-0.1, -0.05) is 166 Å². The molecule has 0 heterocycles. The van der Waals surface area contributed by atoms with Crippen LogP contribution in [0.1, 0.15) is 41.7 Å². The molecule has 0 aliphatic rings. The standard InChI is InChI=1S/C43H49NO4/c1-34(2)41(44(28-35-18-8-3-9-19-35)29-36-20-10-4-11-21-36)43(48-32-39-26-16-7-17-27-39)42(47-31-38-24-14-6-15-25-38)40(45)33-46-30-37-22-12-5-13-23-37/h3-27,34,40-43,45H,28-33H2,1-2H3/t40-,41-,42-,43-/m1/s1. The first-order chi connectivity index (χ1) is 23.6. The summed E-state index contributed by atoms with van der Waals surface area (Å²) in [5, 5.41) is 12.0. The minimum absolute atomic E-state index is 0.112. The van der Waals surface area contributed by atoms with Crippen molar-refractivity contribution in [2.24, 2.45) is 5.92 Å². The Kier molecular flexibility index (Phi) is 14.0. The van der Waals surface area contributed by atoms with Crippen molar-refractivity contribution in [2.45, 2.75) is 71.1 Å². The van der Waals surface area contributed by atoms with Gasteiger partial charge in [0.25, 0.3) is 0 Å². The molecule has 0 radical (unpaired) electrons. The number of ether oxygens (including phenoxy) is 3. The second-order valence-corrected chi connectivity index (χ2v) is 12.7. The first-order valence-electron chi connectivity index (χ1n) is 17.0. The van der Waals surface area contributed by atoms with Crippen LogP contribution in [0.5, 0.6) is 0 Å². The summed E-state index contributed by atoms with van der Waals surface area (Å²) in [6, 6.07) is 51.4. The molecule has 0 saturated carbocycles. The van der Waals surface area contributed by atoms with Gasteiger partial charge in [0.1, 0.15) is 18.3 Å². The third kappa shape index (κ3) is 11.0. The minimum atomic E-state index is -0.935. The van der Waals surface area contributed by atoms with Gasteiger partial charge in [-0.25, -0.2) is 0 Å². The smallest absolute Gasteiger partial charge is 0.114 e. The molecule has 5 nitrogen and oxygen atoms in total. The van der Waals surface area contributed by atoms with E-state index in [4.69, 9.17) is 14.2 Å². The Morgan fingerprint density at radius 3 is 1.23 bits per heavy atom. The molecule has 0 unspecified atom stereocenters. The quantitative estimate of drug-likeness (QED) is 0.0979. The normalized spacial score (nSPS) is 14.1. The Bertz CT molecular complexity index is 1510. The van der Waals surface area contributed by atoms with Crippen molar-refractivity contribution in [1.29, 1.82) is 0 Å². The molecule has 5 heteroatoms. The highest BCUT2D eigenvalue weighted by Gasteiger charge is 2.41. The molecule has 4 atom stereocenters. The third-order valence-electron chi connectivity index (χ3n) is 8.57. The predicted octanol–water partition coefficient (Wildman–Crippen LogP) is 8.46. The highest BCUT2D eigenvalue weighted by Crippen LogP contribution is 2.29. The fourth-order valence-corrected chi connectivity index (χ4v) is 6.22. The number of hydrogen-bond acceptors (Lipinski definition) is 5. The van der Waals surface area contributed by atoms with Crippen molar-refractivity contribution in [1.82, 2.24) is 4.90 Å². The number of hydrogen-bond donors (Lipinski definition) is 1. The van der Waals surface area contributed by atoms with Crippen LogP contribution >= 0.6 is 0 Å². The maximum atomic E-state index is 12.0. The molecule has 0 aromatic heterocycles. The summed E-state index contributed by atoms with van der Waals surface area (Å²) in [6.07, 6.45) is -2.10. The van der Waals surface area contributed by atoms with Crippen molar-refractivity contribution in [2.75, 3.05) is 6.61 Å². The molecule has 0 fully saturated rings. The minimum Gasteiger partial charge on any atom is -0.388 e. The van der Waals surface area contributed by atoms with Crippen LogP contribution in [0, 0.1) is 5.92 Å². The van der Waals surface area contributed by atoms with Gasteiger partial charge in [0, 0.05) is 19.1 Å². The zero-order valence-electron chi connectivity index (χ0n) is 28.2. The van der Waals surface area contributed by atoms with E-state index in [0.717, 1.165) is 29.8 Å². The van der Waals surface area contributed by atoms with Crippen LogP contribution in [0.25, 0.3) is 0 Å². The molecule has 0 aliphatic carbocycles.